The van der Waals surface area contributed by atoms with Crippen molar-refractivity contribution in [1.29, 1.82) is 5.26 Å². The van der Waals surface area contributed by atoms with Crippen molar-refractivity contribution >= 4 is 11.8 Å². The first-order valence-corrected chi connectivity index (χ1v) is 6.26. The lowest BCUT2D eigenvalue weighted by Crippen LogP contribution is -2.33. The highest BCUT2D eigenvalue weighted by Gasteiger charge is 2.39. The van der Waals surface area contributed by atoms with Gasteiger partial charge >= 0.3 is 5.97 Å². The lowest BCUT2D eigenvalue weighted by Gasteiger charge is -2.29. The van der Waals surface area contributed by atoms with Crippen LogP contribution in [-0.4, -0.2) is 18.4 Å². The van der Waals surface area contributed by atoms with Crippen molar-refractivity contribution in [3.05, 3.63) is 36.0 Å². The summed E-state index contributed by atoms with van der Waals surface area (Å²) >= 11 is 0. The molecule has 0 radical (unpaired) electrons. The zero-order chi connectivity index (χ0) is 14.0. The molecule has 0 unspecified atom stereocenters. The first-order valence-electron chi connectivity index (χ1n) is 6.26. The standard InChI is InChI=1S/C15H15NO3/c1-3-19-15(18)10-4-5-12-13(8-16)9(2)6-11(7-10)14(12)17/h4-5,7,11-13H,2-3,6H2,1H3/t11-,12-,13-/m1/s1. The van der Waals surface area contributed by atoms with E-state index < -0.39 is 17.8 Å². The van der Waals surface area contributed by atoms with Crippen LogP contribution >= 0.6 is 0 Å². The minimum Gasteiger partial charge on any atom is -0.462 e. The van der Waals surface area contributed by atoms with Crippen molar-refractivity contribution in [3.63, 3.8) is 0 Å². The van der Waals surface area contributed by atoms with Gasteiger partial charge in [0.05, 0.1) is 30.1 Å². The third-order valence-electron chi connectivity index (χ3n) is 3.49. The van der Waals surface area contributed by atoms with E-state index in [0.29, 0.717) is 18.6 Å². The van der Waals surface area contributed by atoms with E-state index in [1.54, 1.807) is 25.2 Å². The molecule has 4 heteroatoms. The van der Waals surface area contributed by atoms with E-state index in [9.17, 15) is 9.59 Å². The summed E-state index contributed by atoms with van der Waals surface area (Å²) in [6, 6.07) is 2.13. The Kier molecular flexibility index (Phi) is 3.66. The molecule has 0 saturated heterocycles. The zero-order valence-electron chi connectivity index (χ0n) is 10.8. The van der Waals surface area contributed by atoms with Gasteiger partial charge in [-0.25, -0.2) is 4.79 Å². The fourth-order valence-corrected chi connectivity index (χ4v) is 2.52. The second-order valence-corrected chi connectivity index (χ2v) is 4.71. The van der Waals surface area contributed by atoms with Gasteiger partial charge < -0.3 is 4.74 Å². The summed E-state index contributed by atoms with van der Waals surface area (Å²) in [6.45, 7) is 5.90. The van der Waals surface area contributed by atoms with Crippen LogP contribution in [0.25, 0.3) is 0 Å². The molecule has 2 bridgehead atoms. The van der Waals surface area contributed by atoms with Crippen LogP contribution in [0.4, 0.5) is 0 Å². The van der Waals surface area contributed by atoms with Crippen LogP contribution in [0.1, 0.15) is 13.3 Å². The molecule has 0 amide bonds. The van der Waals surface area contributed by atoms with Gasteiger partial charge in [0.15, 0.2) is 0 Å². The Morgan fingerprint density at radius 1 is 1.63 bits per heavy atom. The molecule has 1 fully saturated rings. The van der Waals surface area contributed by atoms with Crippen molar-refractivity contribution in [3.8, 4) is 6.07 Å². The number of carbonyl (C=O) groups is 2. The average molecular weight is 257 g/mol. The Morgan fingerprint density at radius 2 is 2.37 bits per heavy atom. The molecular weight excluding hydrogens is 242 g/mol. The highest BCUT2D eigenvalue weighted by atomic mass is 16.5. The minimum absolute atomic E-state index is 0.0190. The Hall–Kier alpha value is -2.15. The summed E-state index contributed by atoms with van der Waals surface area (Å²) in [5.41, 5.74) is 1.14. The predicted octanol–water partition coefficient (Wildman–Crippen LogP) is 1.95. The maximum atomic E-state index is 12.2. The largest absolute Gasteiger partial charge is 0.462 e. The van der Waals surface area contributed by atoms with Gasteiger partial charge in [-0.15, -0.1) is 0 Å². The summed E-state index contributed by atoms with van der Waals surface area (Å²) in [4.78, 5) is 24.0. The number of esters is 1. The van der Waals surface area contributed by atoms with Crippen molar-refractivity contribution in [2.75, 3.05) is 6.61 Å². The van der Waals surface area contributed by atoms with Gasteiger partial charge in [0, 0.05) is 5.92 Å². The van der Waals surface area contributed by atoms with Crippen LogP contribution in [0.3, 0.4) is 0 Å². The molecule has 0 spiro atoms. The first kappa shape index (κ1) is 13.3. The van der Waals surface area contributed by atoms with Gasteiger partial charge in [0.25, 0.3) is 0 Å². The molecule has 0 N–H and O–H groups in total. The number of nitrogens with zero attached hydrogens (tertiary/aromatic N) is 1. The molecule has 98 valence electrons. The van der Waals surface area contributed by atoms with Crippen molar-refractivity contribution in [1.82, 2.24) is 0 Å². The zero-order valence-corrected chi connectivity index (χ0v) is 10.8. The van der Waals surface area contributed by atoms with Gasteiger partial charge in [0.1, 0.15) is 5.78 Å². The molecule has 3 atom stereocenters. The summed E-state index contributed by atoms with van der Waals surface area (Å²) in [5.74, 6) is -1.82. The summed E-state index contributed by atoms with van der Waals surface area (Å²) in [6.07, 6.45) is 5.28. The van der Waals surface area contributed by atoms with Crippen LogP contribution in [0, 0.1) is 29.1 Å². The van der Waals surface area contributed by atoms with E-state index in [4.69, 9.17) is 10.00 Å². The topological polar surface area (TPSA) is 67.2 Å². The Balaban J connectivity index is 2.36. The highest BCUT2D eigenvalue weighted by Crippen LogP contribution is 2.38. The number of Topliss-reactive ketones (excluding diaryl/α,β-unsaturated/α-hetero) is 1. The summed E-state index contributed by atoms with van der Waals surface area (Å²) in [7, 11) is 0. The maximum absolute atomic E-state index is 12.2. The second kappa shape index (κ2) is 5.23. The number of ketones is 1. The number of hydrogen-bond acceptors (Lipinski definition) is 4. The Labute approximate surface area is 112 Å². The van der Waals surface area contributed by atoms with Crippen LogP contribution < -0.4 is 0 Å². The molecule has 0 heterocycles. The maximum Gasteiger partial charge on any atom is 0.337 e. The van der Waals surface area contributed by atoms with Gasteiger partial charge in [-0.3, -0.25) is 4.79 Å². The van der Waals surface area contributed by atoms with Gasteiger partial charge in [-0.2, -0.15) is 5.26 Å². The van der Waals surface area contributed by atoms with Gasteiger partial charge in [-0.1, -0.05) is 30.4 Å². The van der Waals surface area contributed by atoms with Crippen molar-refractivity contribution < 1.29 is 14.3 Å². The van der Waals surface area contributed by atoms with Crippen LogP contribution in [0.5, 0.6) is 0 Å². The van der Waals surface area contributed by atoms with E-state index in [1.807, 2.05) is 0 Å². The lowest BCUT2D eigenvalue weighted by molar-refractivity contribution is -0.138. The highest BCUT2D eigenvalue weighted by molar-refractivity contribution is 5.96. The van der Waals surface area contributed by atoms with Gasteiger partial charge in [-0.05, 0) is 13.3 Å². The molecule has 4 nitrogen and oxygen atoms in total. The van der Waals surface area contributed by atoms with E-state index in [-0.39, 0.29) is 11.7 Å². The Morgan fingerprint density at radius 3 is 3.00 bits per heavy atom. The molecule has 2 aliphatic rings. The fraction of sp³-hybridized carbons (Fsp3) is 0.400. The SMILES string of the molecule is C=C1C[C@@H]2C=C(C(=O)OCC)C=C[C@@H](C2=O)[C@@H]1C#N. The van der Waals surface area contributed by atoms with E-state index in [1.165, 1.54) is 0 Å². The van der Waals surface area contributed by atoms with Crippen molar-refractivity contribution in [2.45, 2.75) is 13.3 Å². The monoisotopic (exact) mass is 257 g/mol. The average Bonchev–Trinajstić information content (AvgIpc) is 2.49. The predicted molar refractivity (Wildman–Crippen MR) is 68.7 cm³/mol. The van der Waals surface area contributed by atoms with Gasteiger partial charge in [0.2, 0.25) is 0 Å². The van der Waals surface area contributed by atoms with Crippen LogP contribution in [-0.2, 0) is 14.3 Å². The first-order chi connectivity index (χ1) is 9.08. The summed E-state index contributed by atoms with van der Waals surface area (Å²) in [5, 5.41) is 9.14. The summed E-state index contributed by atoms with van der Waals surface area (Å²) < 4.78 is 4.94. The fourth-order valence-electron chi connectivity index (χ4n) is 2.52. The number of allylic oxidation sites excluding steroid dienone is 3. The number of fused-ring (bicyclic) bond motifs is 2. The molecule has 1 saturated carbocycles. The molecule has 0 aliphatic heterocycles. The van der Waals surface area contributed by atoms with Crippen molar-refractivity contribution in [2.24, 2.45) is 17.8 Å². The van der Waals surface area contributed by atoms with Crippen LogP contribution in [0.2, 0.25) is 0 Å². The Bertz CT molecular complexity index is 536. The quantitative estimate of drug-likeness (QED) is 0.560. The lowest BCUT2D eigenvalue weighted by atomic mass is 9.71. The molecular formula is C15H15NO3. The molecule has 2 aliphatic carbocycles. The molecule has 0 aromatic rings. The molecule has 19 heavy (non-hydrogen) atoms. The number of rotatable bonds is 2. The number of hydrogen-bond donors (Lipinski definition) is 0. The molecule has 0 aromatic carbocycles. The third kappa shape index (κ3) is 2.37. The van der Waals surface area contributed by atoms with E-state index in [0.717, 1.165) is 5.57 Å². The number of carbonyl (C=O) groups excluding carboxylic acids is 2. The van der Waals surface area contributed by atoms with E-state index in [2.05, 4.69) is 12.6 Å². The number of ether oxygens (including phenoxy) is 1. The molecule has 2 rings (SSSR count). The minimum atomic E-state index is -0.501. The third-order valence-corrected chi connectivity index (χ3v) is 3.49. The number of nitriles is 1. The van der Waals surface area contributed by atoms with Crippen LogP contribution in [0.15, 0.2) is 36.0 Å². The smallest absolute Gasteiger partial charge is 0.337 e. The molecule has 0 aromatic heterocycles. The normalized spacial score (nSPS) is 29.3. The van der Waals surface area contributed by atoms with E-state index >= 15 is 0 Å². The second-order valence-electron chi connectivity index (χ2n) is 4.71.